The number of benzene rings is 1. The zero-order valence-electron chi connectivity index (χ0n) is 8.09. The molecule has 0 aromatic heterocycles. The van der Waals surface area contributed by atoms with Crippen molar-refractivity contribution in [3.05, 3.63) is 32.8 Å². The first-order valence-electron chi connectivity index (χ1n) is 4.18. The van der Waals surface area contributed by atoms with E-state index in [1.54, 1.807) is 13.2 Å². The third-order valence-electron chi connectivity index (χ3n) is 1.82. The van der Waals surface area contributed by atoms with Gasteiger partial charge in [-0.15, -0.1) is 0 Å². The second-order valence-electron chi connectivity index (χ2n) is 2.88. The maximum atomic E-state index is 9.96. The van der Waals surface area contributed by atoms with E-state index in [1.165, 1.54) is 6.08 Å². The largest absolute Gasteiger partial charge is 0.380 e. The molecule has 1 aromatic carbocycles. The minimum atomic E-state index is 0.287. The van der Waals surface area contributed by atoms with Crippen molar-refractivity contribution >= 4 is 33.6 Å². The van der Waals surface area contributed by atoms with Crippen molar-refractivity contribution in [1.29, 1.82) is 0 Å². The first kappa shape index (κ1) is 12.4. The summed E-state index contributed by atoms with van der Waals surface area (Å²) in [6, 6.07) is 3.63. The van der Waals surface area contributed by atoms with Gasteiger partial charge in [0.2, 0.25) is 6.08 Å². The van der Waals surface area contributed by atoms with Gasteiger partial charge in [-0.05, 0) is 17.7 Å². The molecule has 5 heteroatoms. The summed E-state index contributed by atoms with van der Waals surface area (Å²) in [6.07, 6.45) is 1.49. The summed E-state index contributed by atoms with van der Waals surface area (Å²) < 4.78 is 5.86. The molecule has 80 valence electrons. The molecule has 0 radical (unpaired) electrons. The molecule has 0 N–H and O–H groups in total. The number of carbonyl (C=O) groups excluding carboxylic acids is 1. The van der Waals surface area contributed by atoms with E-state index < -0.39 is 0 Å². The van der Waals surface area contributed by atoms with Gasteiger partial charge in [-0.1, -0.05) is 27.5 Å². The van der Waals surface area contributed by atoms with E-state index in [4.69, 9.17) is 16.3 Å². The molecule has 15 heavy (non-hydrogen) atoms. The molecule has 0 aliphatic rings. The molecule has 0 heterocycles. The first-order chi connectivity index (χ1) is 7.19. The van der Waals surface area contributed by atoms with Crippen molar-refractivity contribution in [3.8, 4) is 0 Å². The third kappa shape index (κ3) is 3.43. The molecular formula is C10H9BrClNO2. The molecule has 1 aromatic rings. The summed E-state index contributed by atoms with van der Waals surface area (Å²) in [6.45, 7) is 0.728. The standard InChI is InChI=1S/C10H9BrClNO2/c1-15-5-8-9(11)2-7(3-10(8)12)4-13-6-14/h2-3H,4-5H2,1H3. The van der Waals surface area contributed by atoms with Crippen LogP contribution in [0.3, 0.4) is 0 Å². The van der Waals surface area contributed by atoms with Crippen molar-refractivity contribution in [3.63, 3.8) is 0 Å². The molecule has 0 unspecified atom stereocenters. The van der Waals surface area contributed by atoms with Gasteiger partial charge < -0.3 is 4.74 Å². The van der Waals surface area contributed by atoms with Crippen LogP contribution >= 0.6 is 27.5 Å². The summed E-state index contributed by atoms with van der Waals surface area (Å²) in [7, 11) is 1.60. The molecule has 0 amide bonds. The zero-order valence-corrected chi connectivity index (χ0v) is 10.4. The molecule has 0 fully saturated rings. The number of isocyanates is 1. The van der Waals surface area contributed by atoms with Crippen LogP contribution in [0.15, 0.2) is 21.6 Å². The van der Waals surface area contributed by atoms with Crippen LogP contribution in [0.4, 0.5) is 0 Å². The monoisotopic (exact) mass is 289 g/mol. The van der Waals surface area contributed by atoms with Crippen LogP contribution in [0.2, 0.25) is 5.02 Å². The lowest BCUT2D eigenvalue weighted by atomic mass is 10.1. The topological polar surface area (TPSA) is 38.7 Å². The molecular weight excluding hydrogens is 281 g/mol. The molecule has 0 aliphatic carbocycles. The van der Waals surface area contributed by atoms with Gasteiger partial charge in [-0.3, -0.25) is 0 Å². The molecule has 0 spiro atoms. The van der Waals surface area contributed by atoms with Gasteiger partial charge in [0.05, 0.1) is 13.2 Å². The summed E-state index contributed by atoms with van der Waals surface area (Å²) in [5.74, 6) is 0. The Labute approximate surface area is 101 Å². The van der Waals surface area contributed by atoms with E-state index in [0.29, 0.717) is 11.6 Å². The summed E-state index contributed by atoms with van der Waals surface area (Å²) in [5, 5.41) is 0.599. The van der Waals surface area contributed by atoms with E-state index in [0.717, 1.165) is 15.6 Å². The number of rotatable bonds is 4. The predicted octanol–water partition coefficient (Wildman–Crippen LogP) is 3.08. The van der Waals surface area contributed by atoms with Crippen molar-refractivity contribution in [2.24, 2.45) is 4.99 Å². The summed E-state index contributed by atoms with van der Waals surface area (Å²) >= 11 is 9.43. The van der Waals surface area contributed by atoms with Gasteiger partial charge in [0.1, 0.15) is 0 Å². The third-order valence-corrected chi connectivity index (χ3v) is 2.86. The van der Waals surface area contributed by atoms with Crippen LogP contribution in [0.25, 0.3) is 0 Å². The maximum Gasteiger partial charge on any atom is 0.235 e. The molecule has 3 nitrogen and oxygen atoms in total. The normalized spacial score (nSPS) is 9.80. The van der Waals surface area contributed by atoms with Crippen molar-refractivity contribution in [2.75, 3.05) is 7.11 Å². The molecule has 0 atom stereocenters. The average Bonchev–Trinajstić information content (AvgIpc) is 2.20. The first-order valence-corrected chi connectivity index (χ1v) is 5.35. The summed E-state index contributed by atoms with van der Waals surface area (Å²) in [4.78, 5) is 13.4. The van der Waals surface area contributed by atoms with Crippen LogP contribution in [0, 0.1) is 0 Å². The number of halogens is 2. The van der Waals surface area contributed by atoms with Crippen LogP contribution in [-0.4, -0.2) is 13.2 Å². The molecule has 0 saturated heterocycles. The smallest absolute Gasteiger partial charge is 0.235 e. The van der Waals surface area contributed by atoms with E-state index >= 15 is 0 Å². The van der Waals surface area contributed by atoms with Crippen LogP contribution < -0.4 is 0 Å². The minimum Gasteiger partial charge on any atom is -0.380 e. The average molecular weight is 291 g/mol. The maximum absolute atomic E-state index is 9.96. The van der Waals surface area contributed by atoms with Crippen molar-refractivity contribution < 1.29 is 9.53 Å². The number of nitrogens with zero attached hydrogens (tertiary/aromatic N) is 1. The van der Waals surface area contributed by atoms with Gasteiger partial charge in [-0.2, -0.15) is 0 Å². The lowest BCUT2D eigenvalue weighted by Crippen LogP contribution is -1.93. The van der Waals surface area contributed by atoms with Crippen LogP contribution in [-0.2, 0) is 22.7 Å². The lowest BCUT2D eigenvalue weighted by molar-refractivity contribution is 0.184. The quantitative estimate of drug-likeness (QED) is 0.631. The highest BCUT2D eigenvalue weighted by Crippen LogP contribution is 2.27. The fraction of sp³-hybridized carbons (Fsp3) is 0.300. The summed E-state index contributed by atoms with van der Waals surface area (Å²) in [5.41, 5.74) is 1.74. The molecule has 0 saturated carbocycles. The number of ether oxygens (including phenoxy) is 1. The Kier molecular flexibility index (Phi) is 4.99. The number of aliphatic imine (C=N–C) groups is 1. The lowest BCUT2D eigenvalue weighted by Gasteiger charge is -2.07. The van der Waals surface area contributed by atoms with Crippen LogP contribution in [0.5, 0.6) is 0 Å². The van der Waals surface area contributed by atoms with Gasteiger partial charge >= 0.3 is 0 Å². The Morgan fingerprint density at radius 1 is 1.60 bits per heavy atom. The Morgan fingerprint density at radius 3 is 2.87 bits per heavy atom. The predicted molar refractivity (Wildman–Crippen MR) is 61.7 cm³/mol. The fourth-order valence-electron chi connectivity index (χ4n) is 1.15. The fourth-order valence-corrected chi connectivity index (χ4v) is 2.19. The number of methoxy groups -OCH3 is 1. The highest BCUT2D eigenvalue weighted by Gasteiger charge is 2.07. The van der Waals surface area contributed by atoms with Gasteiger partial charge in [-0.25, -0.2) is 9.79 Å². The Morgan fingerprint density at radius 2 is 2.33 bits per heavy atom. The molecule has 1 rings (SSSR count). The van der Waals surface area contributed by atoms with E-state index in [2.05, 4.69) is 20.9 Å². The van der Waals surface area contributed by atoms with E-state index in [1.807, 2.05) is 6.07 Å². The van der Waals surface area contributed by atoms with Gasteiger partial charge in [0, 0.05) is 22.2 Å². The van der Waals surface area contributed by atoms with E-state index in [9.17, 15) is 4.79 Å². The van der Waals surface area contributed by atoms with Crippen molar-refractivity contribution in [2.45, 2.75) is 13.2 Å². The zero-order chi connectivity index (χ0) is 11.3. The second kappa shape index (κ2) is 6.03. The SMILES string of the molecule is COCc1c(Cl)cc(CN=C=O)cc1Br. The van der Waals surface area contributed by atoms with E-state index in [-0.39, 0.29) is 6.54 Å². The second-order valence-corrected chi connectivity index (χ2v) is 4.14. The van der Waals surface area contributed by atoms with Crippen molar-refractivity contribution in [1.82, 2.24) is 0 Å². The van der Waals surface area contributed by atoms with Crippen LogP contribution in [0.1, 0.15) is 11.1 Å². The Hall–Kier alpha value is -0.670. The van der Waals surface area contributed by atoms with Gasteiger partial charge in [0.15, 0.2) is 0 Å². The number of hydrogen-bond donors (Lipinski definition) is 0. The molecule has 0 aliphatic heterocycles. The highest BCUT2D eigenvalue weighted by atomic mass is 79.9. The highest BCUT2D eigenvalue weighted by molar-refractivity contribution is 9.10. The Bertz CT molecular complexity index is 379. The Balaban J connectivity index is 3.01. The minimum absolute atomic E-state index is 0.287. The van der Waals surface area contributed by atoms with Gasteiger partial charge in [0.25, 0.3) is 0 Å². The number of hydrogen-bond acceptors (Lipinski definition) is 3. The molecule has 0 bridgehead atoms.